The van der Waals surface area contributed by atoms with Crippen molar-refractivity contribution in [1.29, 1.82) is 0 Å². The molecule has 2 aromatic heterocycles. The molecule has 1 aromatic carbocycles. The van der Waals surface area contributed by atoms with Crippen LogP contribution in [0.3, 0.4) is 0 Å². The minimum Gasteiger partial charge on any atom is -0.338 e. The molecular weight excluding hydrogens is 352 g/mol. The number of hydrogen-bond acceptors (Lipinski definition) is 4. The number of nitrogens with zero attached hydrogens (tertiary/aromatic N) is 3. The lowest BCUT2D eigenvalue weighted by Gasteiger charge is -2.25. The molecule has 0 bridgehead atoms. The van der Waals surface area contributed by atoms with E-state index in [4.69, 9.17) is 0 Å². The molecule has 1 atom stereocenters. The van der Waals surface area contributed by atoms with E-state index in [-0.39, 0.29) is 23.9 Å². The zero-order valence-corrected chi connectivity index (χ0v) is 16.0. The number of carbonyl (C=O) groups excluding carboxylic acids is 1. The molecule has 2 heterocycles. The van der Waals surface area contributed by atoms with Crippen LogP contribution in [0.15, 0.2) is 53.5 Å². The number of likely N-dealkylation sites (N-methyl/N-ethyl adjacent to an activating group) is 1. The Bertz CT molecular complexity index is 1080. The molecule has 28 heavy (non-hydrogen) atoms. The van der Waals surface area contributed by atoms with E-state index >= 15 is 0 Å². The van der Waals surface area contributed by atoms with Gasteiger partial charge in [-0.2, -0.15) is 0 Å². The second-order valence-corrected chi connectivity index (χ2v) is 7.13. The number of nitrogens with one attached hydrogen (secondary N) is 1. The quantitative estimate of drug-likeness (QED) is 0.762. The molecule has 4 rings (SSSR count). The van der Waals surface area contributed by atoms with Crippen LogP contribution in [0.4, 0.5) is 0 Å². The fraction of sp³-hybridized carbons (Fsp3) is 0.273. The highest BCUT2D eigenvalue weighted by Crippen LogP contribution is 2.35. The Hall–Kier alpha value is -3.28. The normalized spacial score (nSPS) is 15.3. The molecule has 0 spiro atoms. The van der Waals surface area contributed by atoms with E-state index < -0.39 is 0 Å². The topological polar surface area (TPSA) is 79.0 Å². The van der Waals surface area contributed by atoms with Gasteiger partial charge in [-0.05, 0) is 43.0 Å². The van der Waals surface area contributed by atoms with E-state index in [0.717, 1.165) is 12.8 Å². The molecule has 1 aliphatic rings. The van der Waals surface area contributed by atoms with Gasteiger partial charge in [-0.1, -0.05) is 30.3 Å². The molecule has 142 valence electrons. The van der Waals surface area contributed by atoms with E-state index in [1.807, 2.05) is 25.2 Å². The van der Waals surface area contributed by atoms with Crippen LogP contribution >= 0.6 is 0 Å². The van der Waals surface area contributed by atoms with Crippen LogP contribution in [-0.2, 0) is 17.6 Å². The van der Waals surface area contributed by atoms with Gasteiger partial charge in [-0.15, -0.1) is 0 Å². The largest absolute Gasteiger partial charge is 0.338 e. The molecule has 1 unspecified atom stereocenters. The maximum atomic E-state index is 12.9. The summed E-state index contributed by atoms with van der Waals surface area (Å²) in [6.45, 7) is 1.76. The van der Waals surface area contributed by atoms with Crippen molar-refractivity contribution >= 4 is 5.91 Å². The van der Waals surface area contributed by atoms with Crippen LogP contribution in [0.5, 0.6) is 0 Å². The molecule has 0 fully saturated rings. The maximum absolute atomic E-state index is 12.9. The molecule has 1 amide bonds. The number of amides is 1. The minimum atomic E-state index is -0.290. The molecule has 0 radical (unpaired) electrons. The van der Waals surface area contributed by atoms with Gasteiger partial charge < -0.3 is 9.88 Å². The minimum absolute atomic E-state index is 0.0336. The molecule has 1 aliphatic carbocycles. The van der Waals surface area contributed by atoms with Crippen molar-refractivity contribution < 1.29 is 4.79 Å². The van der Waals surface area contributed by atoms with Gasteiger partial charge in [-0.3, -0.25) is 14.6 Å². The summed E-state index contributed by atoms with van der Waals surface area (Å²) < 4.78 is 0. The Labute approximate surface area is 163 Å². The number of benzene rings is 1. The summed E-state index contributed by atoms with van der Waals surface area (Å²) in [6, 6.07) is 13.7. The van der Waals surface area contributed by atoms with Gasteiger partial charge in [0.2, 0.25) is 5.91 Å². The van der Waals surface area contributed by atoms with E-state index in [1.54, 1.807) is 30.2 Å². The summed E-state index contributed by atoms with van der Waals surface area (Å²) in [5.74, 6) is 0.333. The third kappa shape index (κ3) is 3.33. The highest BCUT2D eigenvalue weighted by atomic mass is 16.2. The number of pyridine rings is 1. The van der Waals surface area contributed by atoms with Crippen LogP contribution < -0.4 is 5.56 Å². The summed E-state index contributed by atoms with van der Waals surface area (Å²) in [5, 5.41) is 0. The first-order valence-electron chi connectivity index (χ1n) is 9.39. The smallest absolute Gasteiger partial charge is 0.255 e. The first kappa shape index (κ1) is 18.1. The summed E-state index contributed by atoms with van der Waals surface area (Å²) in [4.78, 5) is 38.7. The molecule has 0 aliphatic heterocycles. The van der Waals surface area contributed by atoms with Crippen molar-refractivity contribution in [2.75, 3.05) is 7.05 Å². The summed E-state index contributed by atoms with van der Waals surface area (Å²) >= 11 is 0. The predicted octanol–water partition coefficient (Wildman–Crippen LogP) is 2.83. The number of H-pyrrole nitrogens is 1. The van der Waals surface area contributed by atoms with Crippen LogP contribution in [0.2, 0.25) is 0 Å². The molecular formula is C22H22N4O2. The Morgan fingerprint density at radius 3 is 2.75 bits per heavy atom. The molecule has 0 saturated carbocycles. The van der Waals surface area contributed by atoms with Gasteiger partial charge in [-0.25, -0.2) is 4.98 Å². The van der Waals surface area contributed by atoms with Crippen molar-refractivity contribution in [1.82, 2.24) is 19.9 Å². The van der Waals surface area contributed by atoms with Gasteiger partial charge in [0.15, 0.2) is 5.82 Å². The van der Waals surface area contributed by atoms with Crippen molar-refractivity contribution in [3.05, 3.63) is 81.4 Å². The zero-order valence-electron chi connectivity index (χ0n) is 16.0. The maximum Gasteiger partial charge on any atom is 0.255 e. The SMILES string of the molecule is Cc1nc(-c2ccccn2)[nH]c(=O)c1CC(=O)N(C)C1CCc2ccccc21. The molecule has 6 nitrogen and oxygen atoms in total. The van der Waals surface area contributed by atoms with Gasteiger partial charge in [0.05, 0.1) is 12.5 Å². The standard InChI is InChI=1S/C22H22N4O2/c1-14-17(22(28)25-21(24-14)18-9-5-6-12-23-18)13-20(27)26(2)19-11-10-15-7-3-4-8-16(15)19/h3-9,12,19H,10-11,13H2,1-2H3,(H,24,25,28). The van der Waals surface area contributed by atoms with E-state index in [2.05, 4.69) is 27.1 Å². The Balaban J connectivity index is 1.56. The fourth-order valence-corrected chi connectivity index (χ4v) is 3.83. The summed E-state index contributed by atoms with van der Waals surface area (Å²) in [5.41, 5.74) is 3.76. The average molecular weight is 374 g/mol. The number of aryl methyl sites for hydroxylation is 2. The zero-order chi connectivity index (χ0) is 19.7. The third-order valence-electron chi connectivity index (χ3n) is 5.42. The van der Waals surface area contributed by atoms with Crippen molar-refractivity contribution in [2.45, 2.75) is 32.2 Å². The van der Waals surface area contributed by atoms with Crippen LogP contribution in [0.25, 0.3) is 11.5 Å². The number of fused-ring (bicyclic) bond motifs is 1. The lowest BCUT2D eigenvalue weighted by Crippen LogP contribution is -2.33. The first-order chi connectivity index (χ1) is 13.5. The Kier molecular flexibility index (Phi) is 4.77. The Morgan fingerprint density at radius 2 is 2.00 bits per heavy atom. The van der Waals surface area contributed by atoms with Crippen LogP contribution in [0.1, 0.15) is 34.8 Å². The number of rotatable bonds is 4. The van der Waals surface area contributed by atoms with E-state index in [1.165, 1.54) is 11.1 Å². The van der Waals surface area contributed by atoms with Crippen molar-refractivity contribution in [3.63, 3.8) is 0 Å². The number of carbonyl (C=O) groups is 1. The first-order valence-corrected chi connectivity index (χ1v) is 9.39. The van der Waals surface area contributed by atoms with Gasteiger partial charge in [0, 0.05) is 24.5 Å². The van der Waals surface area contributed by atoms with Gasteiger partial charge in [0.25, 0.3) is 5.56 Å². The Morgan fingerprint density at radius 1 is 1.21 bits per heavy atom. The van der Waals surface area contributed by atoms with Crippen molar-refractivity contribution in [2.24, 2.45) is 0 Å². The van der Waals surface area contributed by atoms with Gasteiger partial charge in [0.1, 0.15) is 5.69 Å². The molecule has 6 heteroatoms. The van der Waals surface area contributed by atoms with E-state index in [9.17, 15) is 9.59 Å². The van der Waals surface area contributed by atoms with Gasteiger partial charge >= 0.3 is 0 Å². The monoisotopic (exact) mass is 374 g/mol. The predicted molar refractivity (Wildman–Crippen MR) is 107 cm³/mol. The number of aromatic amines is 1. The number of aromatic nitrogens is 3. The summed E-state index contributed by atoms with van der Waals surface area (Å²) in [7, 11) is 1.81. The van der Waals surface area contributed by atoms with Crippen molar-refractivity contribution in [3.8, 4) is 11.5 Å². The third-order valence-corrected chi connectivity index (χ3v) is 5.42. The second kappa shape index (κ2) is 7.38. The summed E-state index contributed by atoms with van der Waals surface area (Å²) in [6.07, 6.45) is 3.56. The van der Waals surface area contributed by atoms with Crippen LogP contribution in [0, 0.1) is 6.92 Å². The molecule has 3 aromatic rings. The molecule has 1 N–H and O–H groups in total. The highest BCUT2D eigenvalue weighted by molar-refractivity contribution is 5.79. The average Bonchev–Trinajstić information content (AvgIpc) is 3.14. The lowest BCUT2D eigenvalue weighted by molar-refractivity contribution is -0.131. The lowest BCUT2D eigenvalue weighted by atomic mass is 10.1. The highest BCUT2D eigenvalue weighted by Gasteiger charge is 2.29. The fourth-order valence-electron chi connectivity index (χ4n) is 3.83. The van der Waals surface area contributed by atoms with Crippen LogP contribution in [-0.4, -0.2) is 32.8 Å². The van der Waals surface area contributed by atoms with E-state index in [0.29, 0.717) is 22.8 Å². The second-order valence-electron chi connectivity index (χ2n) is 7.13. The number of hydrogen-bond donors (Lipinski definition) is 1. The molecule has 0 saturated heterocycles.